The van der Waals surface area contributed by atoms with Gasteiger partial charge in [0, 0.05) is 26.4 Å². The van der Waals surface area contributed by atoms with Gasteiger partial charge in [0.25, 0.3) is 0 Å². The molecule has 484 valence electrons. The van der Waals surface area contributed by atoms with Crippen molar-refractivity contribution in [2.75, 3.05) is 99.1 Å². The Morgan fingerprint density at radius 1 is 0.424 bits per heavy atom. The van der Waals surface area contributed by atoms with E-state index in [2.05, 4.69) is 78.6 Å². The number of ether oxygens (including phenoxy) is 8. The Balaban J connectivity index is 0.000000539. The molecule has 0 aromatic heterocycles. The first-order valence-electron chi connectivity index (χ1n) is 30.5. The number of hydrogen-bond donors (Lipinski definition) is 3. The molecule has 0 amide bonds. The predicted octanol–water partition coefficient (Wildman–Crippen LogP) is 13.2. The molecule has 4 unspecified atom stereocenters. The summed E-state index contributed by atoms with van der Waals surface area (Å²) < 4.78 is 70.8. The van der Waals surface area contributed by atoms with Gasteiger partial charge in [-0.3, -0.25) is 0 Å². The molecule has 0 bridgehead atoms. The largest absolute Gasteiger partial charge is 0.437 e. The highest BCUT2D eigenvalue weighted by atomic mass is 28.5. The molecule has 5 rings (SSSR count). The molecule has 21 heteroatoms. The van der Waals surface area contributed by atoms with Gasteiger partial charge < -0.3 is 69.7 Å². The Hall–Kier alpha value is -2.42. The quantitative estimate of drug-likeness (QED) is 0.0276. The van der Waals surface area contributed by atoms with Crippen molar-refractivity contribution >= 4 is 68.6 Å². The van der Waals surface area contributed by atoms with Crippen LogP contribution in [0.5, 0.6) is 0 Å². The molecule has 2 fully saturated rings. The molecule has 2 aliphatic heterocycles. The van der Waals surface area contributed by atoms with Crippen LogP contribution in [0.1, 0.15) is 49.8 Å². The fraction of sp³-hybridized carbons (Fsp3) is 0.625. The molecule has 85 heavy (non-hydrogen) atoms. The molecular formula is C64H114O15Si6. The molecule has 3 aromatic rings. The molecule has 2 saturated heterocycles. The topological polar surface area (TPSA) is 178 Å². The van der Waals surface area contributed by atoms with Gasteiger partial charge >= 0.3 is 17.1 Å². The number of benzene rings is 3. The second-order valence-electron chi connectivity index (χ2n) is 24.9. The third-order valence-electron chi connectivity index (χ3n) is 12.9. The van der Waals surface area contributed by atoms with Crippen molar-refractivity contribution < 1.29 is 69.7 Å². The molecule has 4 atom stereocenters. The van der Waals surface area contributed by atoms with E-state index in [1.807, 2.05) is 121 Å². The number of rotatable bonds is 44. The SMILES string of the molecule is C.C[Si](C)(CCCOCC(O)COC/C=C/c1ccccc1)O[Si](C)(C)O[Si](C)(C)CCCOCC(O)COC/C=C/c1ccccc1.C[Si](C)(CCCOCC1CO1)O[Si](C)(C)O[Si](C)(C)CCCOCC1CO1.OC/C=C/c1ccccc1. The summed E-state index contributed by atoms with van der Waals surface area (Å²) in [5.41, 5.74) is 3.37. The van der Waals surface area contributed by atoms with Crippen molar-refractivity contribution in [2.45, 2.75) is 160 Å². The van der Waals surface area contributed by atoms with E-state index in [9.17, 15) is 10.2 Å². The van der Waals surface area contributed by atoms with Crippen LogP contribution < -0.4 is 0 Å². The molecule has 3 N–H and O–H groups in total. The Bertz CT molecular complexity index is 2070. The van der Waals surface area contributed by atoms with E-state index in [0.717, 1.165) is 106 Å². The molecule has 0 aliphatic carbocycles. The van der Waals surface area contributed by atoms with Crippen LogP contribution in [0.25, 0.3) is 18.2 Å². The summed E-state index contributed by atoms with van der Waals surface area (Å²) in [5, 5.41) is 28.8. The van der Waals surface area contributed by atoms with Gasteiger partial charge in [0.1, 0.15) is 24.4 Å². The third kappa shape index (κ3) is 44.6. The van der Waals surface area contributed by atoms with Gasteiger partial charge in [-0.25, -0.2) is 0 Å². The molecule has 0 saturated carbocycles. The lowest BCUT2D eigenvalue weighted by molar-refractivity contribution is -0.0128. The number of aliphatic hydroxyl groups excluding tert-OH is 3. The van der Waals surface area contributed by atoms with Gasteiger partial charge in [0.2, 0.25) is 0 Å². The van der Waals surface area contributed by atoms with Crippen LogP contribution in [-0.4, -0.2) is 189 Å². The van der Waals surface area contributed by atoms with Crippen LogP contribution in [-0.2, 0) is 54.4 Å². The zero-order valence-electron chi connectivity index (χ0n) is 53.4. The fourth-order valence-electron chi connectivity index (χ4n) is 9.39. The Morgan fingerprint density at radius 3 is 0.976 bits per heavy atom. The molecule has 3 aromatic carbocycles. The van der Waals surface area contributed by atoms with Gasteiger partial charge in [-0.15, -0.1) is 0 Å². The standard InChI is InChI=1S/C36H60O8Si3.C18H40O6Si3.C9H10O.CH4/c1-45(2,27-15-25-41-31-35(37)29-39-23-13-21-33-17-9-7-10-18-33)43-47(5,6)44-46(3,4)28-16-26-42-32-36(38)30-40-24-14-22-34-19-11-8-12-20-34;1-25(2,11-7-9-19-13-17-15-21-17)23-27(5,6)24-26(3,4)12-8-10-20-14-18-16-22-18;10-8-4-7-9-5-2-1-3-6-9;/h7-14,17-22,35-38H,15-16,23-32H2,1-6H3;17-18H,7-16H2,1-6H3;1-7,10H,8H2;1H4/b21-13+,22-14+;;7-4+;. The predicted molar refractivity (Wildman–Crippen MR) is 364 cm³/mol. The maximum absolute atomic E-state index is 10.2. The summed E-state index contributed by atoms with van der Waals surface area (Å²) in [7, 11) is -11.8. The second-order valence-corrected chi connectivity index (χ2v) is 49.8. The van der Waals surface area contributed by atoms with Crippen molar-refractivity contribution in [3.05, 3.63) is 126 Å². The first-order valence-corrected chi connectivity index (χ1v) is 48.6. The Kier molecular flexibility index (Phi) is 40.1. The number of hydrogen-bond acceptors (Lipinski definition) is 15. The smallest absolute Gasteiger partial charge is 0.311 e. The van der Waals surface area contributed by atoms with E-state index in [1.54, 1.807) is 6.08 Å². The van der Waals surface area contributed by atoms with E-state index >= 15 is 0 Å². The van der Waals surface area contributed by atoms with E-state index in [-0.39, 0.29) is 40.5 Å². The zero-order chi connectivity index (χ0) is 61.6. The fourth-order valence-corrected chi connectivity index (χ4v) is 37.4. The summed E-state index contributed by atoms with van der Waals surface area (Å²) in [6.07, 6.45) is 14.8. The van der Waals surface area contributed by atoms with Gasteiger partial charge in [0.15, 0.2) is 33.3 Å². The van der Waals surface area contributed by atoms with Crippen LogP contribution in [0.2, 0.25) is 103 Å². The lowest BCUT2D eigenvalue weighted by Gasteiger charge is -2.39. The van der Waals surface area contributed by atoms with E-state index in [1.165, 1.54) is 0 Å². The molecule has 0 spiro atoms. The average molecular weight is 1290 g/mol. The minimum absolute atomic E-state index is 0. The third-order valence-corrected chi connectivity index (χ3v) is 35.8. The van der Waals surface area contributed by atoms with Gasteiger partial charge in [-0.1, -0.05) is 135 Å². The summed E-state index contributed by atoms with van der Waals surface area (Å²) >= 11 is 0. The zero-order valence-corrected chi connectivity index (χ0v) is 59.4. The minimum Gasteiger partial charge on any atom is -0.437 e. The monoisotopic (exact) mass is 1290 g/mol. The van der Waals surface area contributed by atoms with Crippen molar-refractivity contribution in [3.63, 3.8) is 0 Å². The summed E-state index contributed by atoms with van der Waals surface area (Å²) in [4.78, 5) is 0. The Labute approximate surface area is 520 Å². The van der Waals surface area contributed by atoms with Crippen LogP contribution >= 0.6 is 0 Å². The lowest BCUT2D eigenvalue weighted by atomic mass is 10.2. The molecule has 2 heterocycles. The van der Waals surface area contributed by atoms with Crippen molar-refractivity contribution in [3.8, 4) is 0 Å². The van der Waals surface area contributed by atoms with Gasteiger partial charge in [-0.05, 0) is 145 Å². The highest BCUT2D eigenvalue weighted by molar-refractivity contribution is 6.88. The van der Waals surface area contributed by atoms with Crippen LogP contribution in [0.4, 0.5) is 0 Å². The van der Waals surface area contributed by atoms with Crippen LogP contribution in [0, 0.1) is 0 Å². The van der Waals surface area contributed by atoms with Crippen molar-refractivity contribution in [2.24, 2.45) is 0 Å². The van der Waals surface area contributed by atoms with Gasteiger partial charge in [0.05, 0.1) is 72.7 Å². The Morgan fingerprint density at radius 2 is 0.694 bits per heavy atom. The first-order chi connectivity index (χ1) is 39.9. The maximum atomic E-state index is 10.2. The minimum atomic E-state index is -2.32. The number of epoxide rings is 2. The number of aliphatic hydroxyl groups is 3. The van der Waals surface area contributed by atoms with E-state index in [4.69, 9.17) is 59.5 Å². The summed E-state index contributed by atoms with van der Waals surface area (Å²) in [5.74, 6) is 0. The van der Waals surface area contributed by atoms with Gasteiger partial charge in [-0.2, -0.15) is 0 Å². The molecule has 2 aliphatic rings. The molecular weight excluding hydrogens is 1180 g/mol. The van der Waals surface area contributed by atoms with Crippen molar-refractivity contribution in [1.29, 1.82) is 0 Å². The molecule has 15 nitrogen and oxygen atoms in total. The lowest BCUT2D eigenvalue weighted by Crippen LogP contribution is -2.52. The van der Waals surface area contributed by atoms with Crippen LogP contribution in [0.15, 0.2) is 109 Å². The highest BCUT2D eigenvalue weighted by Crippen LogP contribution is 2.28. The summed E-state index contributed by atoms with van der Waals surface area (Å²) in [6, 6.07) is 34.1. The average Bonchev–Trinajstić information content (AvgIpc) is 4.45. The second kappa shape index (κ2) is 43.3. The summed E-state index contributed by atoms with van der Waals surface area (Å²) in [6.45, 7) is 34.9. The van der Waals surface area contributed by atoms with Crippen molar-refractivity contribution in [1.82, 2.24) is 0 Å². The molecule has 0 radical (unpaired) electrons. The first kappa shape index (κ1) is 78.7. The van der Waals surface area contributed by atoms with E-state index < -0.39 is 62.6 Å². The normalized spacial score (nSPS) is 16.4. The highest BCUT2D eigenvalue weighted by Gasteiger charge is 2.41. The van der Waals surface area contributed by atoms with Crippen LogP contribution in [0.3, 0.4) is 0 Å². The maximum Gasteiger partial charge on any atom is 0.311 e. The van der Waals surface area contributed by atoms with E-state index in [0.29, 0.717) is 38.6 Å².